The van der Waals surface area contributed by atoms with Gasteiger partial charge in [0.1, 0.15) is 0 Å². The van der Waals surface area contributed by atoms with Gasteiger partial charge >= 0.3 is 0 Å². The molecule has 1 atom stereocenters. The molecule has 46 valence electrons. The molecule has 1 amide bonds. The molecular formula is C5H10N2O. The Bertz CT molecular complexity index is 92.6. The number of nitrogens with one attached hydrogen (secondary N) is 2. The summed E-state index contributed by atoms with van der Waals surface area (Å²) in [5.41, 5.74) is 0. The molecule has 3 nitrogen and oxygen atoms in total. The molecule has 0 bridgehead atoms. The molecule has 0 aromatic rings. The Labute approximate surface area is 48.5 Å². The van der Waals surface area contributed by atoms with E-state index in [-0.39, 0.29) is 5.91 Å². The second-order valence-electron chi connectivity index (χ2n) is 2.09. The van der Waals surface area contributed by atoms with Gasteiger partial charge in [0.05, 0.1) is 6.54 Å². The van der Waals surface area contributed by atoms with E-state index >= 15 is 0 Å². The highest BCUT2D eigenvalue weighted by molar-refractivity contribution is 5.78. The Hall–Kier alpha value is -0.570. The van der Waals surface area contributed by atoms with Crippen LogP contribution in [0, 0.1) is 0 Å². The Morgan fingerprint density at radius 2 is 2.50 bits per heavy atom. The van der Waals surface area contributed by atoms with Gasteiger partial charge in [-0.1, -0.05) is 0 Å². The van der Waals surface area contributed by atoms with Gasteiger partial charge in [-0.05, 0) is 6.92 Å². The van der Waals surface area contributed by atoms with Crippen LogP contribution in [-0.4, -0.2) is 25.0 Å². The maximum atomic E-state index is 10.4. The van der Waals surface area contributed by atoms with Crippen LogP contribution in [0.2, 0.25) is 0 Å². The predicted octanol–water partition coefficient (Wildman–Crippen LogP) is -0.906. The molecule has 0 aromatic carbocycles. The van der Waals surface area contributed by atoms with Crippen molar-refractivity contribution in [2.45, 2.75) is 13.0 Å². The third-order valence-electron chi connectivity index (χ3n) is 1.22. The molecule has 0 spiro atoms. The van der Waals surface area contributed by atoms with Crippen molar-refractivity contribution in [3.63, 3.8) is 0 Å². The van der Waals surface area contributed by atoms with Crippen LogP contribution in [-0.2, 0) is 4.79 Å². The fourth-order valence-corrected chi connectivity index (χ4v) is 0.669. The molecule has 1 fully saturated rings. The van der Waals surface area contributed by atoms with E-state index in [0.29, 0.717) is 12.6 Å². The first kappa shape index (κ1) is 5.56. The SMILES string of the molecule is C[C@H]1CNC(=O)CN1. The number of carbonyl (C=O) groups is 1. The fraction of sp³-hybridized carbons (Fsp3) is 0.800. The molecule has 1 aliphatic rings. The Morgan fingerprint density at radius 1 is 1.75 bits per heavy atom. The molecule has 0 saturated carbocycles. The van der Waals surface area contributed by atoms with Crippen LogP contribution >= 0.6 is 0 Å². The van der Waals surface area contributed by atoms with Crippen molar-refractivity contribution in [3.05, 3.63) is 0 Å². The molecule has 3 heteroatoms. The maximum Gasteiger partial charge on any atom is 0.234 e. The zero-order valence-electron chi connectivity index (χ0n) is 4.90. The minimum absolute atomic E-state index is 0.100. The van der Waals surface area contributed by atoms with Gasteiger partial charge in [-0.2, -0.15) is 0 Å². The van der Waals surface area contributed by atoms with Crippen LogP contribution in [0.25, 0.3) is 0 Å². The molecule has 1 rings (SSSR count). The van der Waals surface area contributed by atoms with Crippen LogP contribution in [0.1, 0.15) is 6.92 Å². The van der Waals surface area contributed by atoms with Gasteiger partial charge in [-0.15, -0.1) is 0 Å². The highest BCUT2D eigenvalue weighted by Gasteiger charge is 2.10. The van der Waals surface area contributed by atoms with E-state index in [0.717, 1.165) is 6.54 Å². The molecular weight excluding hydrogens is 104 g/mol. The molecule has 0 aliphatic carbocycles. The number of rotatable bonds is 0. The lowest BCUT2D eigenvalue weighted by atomic mass is 10.3. The molecule has 0 radical (unpaired) electrons. The predicted molar refractivity (Wildman–Crippen MR) is 30.5 cm³/mol. The number of hydrogen-bond acceptors (Lipinski definition) is 2. The second-order valence-corrected chi connectivity index (χ2v) is 2.09. The normalized spacial score (nSPS) is 29.6. The summed E-state index contributed by atoms with van der Waals surface area (Å²) in [6.07, 6.45) is 0. The van der Waals surface area contributed by atoms with Crippen molar-refractivity contribution in [1.29, 1.82) is 0 Å². The van der Waals surface area contributed by atoms with Gasteiger partial charge < -0.3 is 10.6 Å². The fourth-order valence-electron chi connectivity index (χ4n) is 0.669. The highest BCUT2D eigenvalue weighted by Crippen LogP contribution is 1.82. The molecule has 1 aliphatic heterocycles. The van der Waals surface area contributed by atoms with Crippen molar-refractivity contribution >= 4 is 5.91 Å². The van der Waals surface area contributed by atoms with Crippen molar-refractivity contribution < 1.29 is 4.79 Å². The van der Waals surface area contributed by atoms with Crippen molar-refractivity contribution in [2.75, 3.05) is 13.1 Å². The number of hydrogen-bond donors (Lipinski definition) is 2. The standard InChI is InChI=1S/C5H10N2O/c1-4-2-7-5(8)3-6-4/h4,6H,2-3H2,1H3,(H,7,8)/t4-/m0/s1. The number of piperazine rings is 1. The van der Waals surface area contributed by atoms with Gasteiger partial charge in [0.15, 0.2) is 0 Å². The van der Waals surface area contributed by atoms with Crippen molar-refractivity contribution in [2.24, 2.45) is 0 Å². The second kappa shape index (κ2) is 2.13. The average Bonchev–Trinajstić information content (AvgIpc) is 1.77. The van der Waals surface area contributed by atoms with Gasteiger partial charge in [0.2, 0.25) is 5.91 Å². The molecule has 1 heterocycles. The highest BCUT2D eigenvalue weighted by atomic mass is 16.2. The Kier molecular flexibility index (Phi) is 1.48. The molecule has 0 unspecified atom stereocenters. The zero-order valence-corrected chi connectivity index (χ0v) is 4.90. The summed E-state index contributed by atoms with van der Waals surface area (Å²) in [5, 5.41) is 5.75. The zero-order chi connectivity index (χ0) is 5.98. The van der Waals surface area contributed by atoms with Gasteiger partial charge in [-0.3, -0.25) is 4.79 Å². The minimum atomic E-state index is 0.100. The topological polar surface area (TPSA) is 41.1 Å². The van der Waals surface area contributed by atoms with Crippen molar-refractivity contribution in [1.82, 2.24) is 10.6 Å². The quantitative estimate of drug-likeness (QED) is 0.428. The summed E-state index contributed by atoms with van der Waals surface area (Å²) in [6, 6.07) is 0.438. The average molecular weight is 114 g/mol. The molecule has 8 heavy (non-hydrogen) atoms. The molecule has 2 N–H and O–H groups in total. The third-order valence-corrected chi connectivity index (χ3v) is 1.22. The van der Waals surface area contributed by atoms with Crippen molar-refractivity contribution in [3.8, 4) is 0 Å². The maximum absolute atomic E-state index is 10.4. The lowest BCUT2D eigenvalue weighted by molar-refractivity contribution is -0.121. The van der Waals surface area contributed by atoms with Crippen LogP contribution in [0.4, 0.5) is 0 Å². The van der Waals surface area contributed by atoms with Gasteiger partial charge in [-0.25, -0.2) is 0 Å². The van der Waals surface area contributed by atoms with Gasteiger partial charge in [0.25, 0.3) is 0 Å². The van der Waals surface area contributed by atoms with E-state index in [2.05, 4.69) is 10.6 Å². The summed E-state index contributed by atoms with van der Waals surface area (Å²) in [6.45, 7) is 3.28. The summed E-state index contributed by atoms with van der Waals surface area (Å²) >= 11 is 0. The molecule has 0 aromatic heterocycles. The third kappa shape index (κ3) is 1.20. The monoisotopic (exact) mass is 114 g/mol. The first-order valence-electron chi connectivity index (χ1n) is 2.79. The first-order valence-corrected chi connectivity index (χ1v) is 2.79. The summed E-state index contributed by atoms with van der Waals surface area (Å²) in [4.78, 5) is 10.4. The van der Waals surface area contributed by atoms with Crippen LogP contribution in [0.15, 0.2) is 0 Å². The lowest BCUT2D eigenvalue weighted by Crippen LogP contribution is -2.50. The van der Waals surface area contributed by atoms with Gasteiger partial charge in [0, 0.05) is 12.6 Å². The van der Waals surface area contributed by atoms with E-state index in [1.807, 2.05) is 6.92 Å². The van der Waals surface area contributed by atoms with E-state index in [1.54, 1.807) is 0 Å². The van der Waals surface area contributed by atoms with E-state index in [1.165, 1.54) is 0 Å². The van der Waals surface area contributed by atoms with E-state index < -0.39 is 0 Å². The summed E-state index contributed by atoms with van der Waals surface area (Å²) in [5.74, 6) is 0.100. The lowest BCUT2D eigenvalue weighted by Gasteiger charge is -2.19. The van der Waals surface area contributed by atoms with Crippen LogP contribution in [0.5, 0.6) is 0 Å². The van der Waals surface area contributed by atoms with E-state index in [9.17, 15) is 4.79 Å². The Balaban J connectivity index is 2.29. The minimum Gasteiger partial charge on any atom is -0.353 e. The number of carbonyl (C=O) groups excluding carboxylic acids is 1. The Morgan fingerprint density at radius 3 is 2.88 bits per heavy atom. The summed E-state index contributed by atoms with van der Waals surface area (Å²) < 4.78 is 0. The van der Waals surface area contributed by atoms with Crippen LogP contribution < -0.4 is 10.6 Å². The molecule has 1 saturated heterocycles. The number of amides is 1. The van der Waals surface area contributed by atoms with E-state index in [4.69, 9.17) is 0 Å². The largest absolute Gasteiger partial charge is 0.353 e. The van der Waals surface area contributed by atoms with Crippen LogP contribution in [0.3, 0.4) is 0 Å². The summed E-state index contributed by atoms with van der Waals surface area (Å²) in [7, 11) is 0. The smallest absolute Gasteiger partial charge is 0.234 e. The first-order chi connectivity index (χ1) is 3.79.